The second-order valence-corrected chi connectivity index (χ2v) is 9.67. The summed E-state index contributed by atoms with van der Waals surface area (Å²) in [6, 6.07) is -3.57. The van der Waals surface area contributed by atoms with Gasteiger partial charge in [0.15, 0.2) is 18.9 Å². The molecule has 0 aromatic heterocycles. The van der Waals surface area contributed by atoms with Gasteiger partial charge in [-0.05, 0) is 0 Å². The molecule has 0 radical (unpaired) electrons. The number of carbonyl (C=O) groups excluding carboxylic acids is 1. The van der Waals surface area contributed by atoms with Crippen LogP contribution >= 0.6 is 0 Å². The van der Waals surface area contributed by atoms with Crippen molar-refractivity contribution < 1.29 is 68.6 Å². The number of nitrogens with one attached hydrogen (secondary N) is 1. The molecule has 0 aromatic rings. The van der Waals surface area contributed by atoms with Crippen LogP contribution in [0.4, 0.5) is 0 Å². The molecule has 3 aliphatic heterocycles. The first-order valence-electron chi connectivity index (χ1n) is 12.5. The van der Waals surface area contributed by atoms with Crippen molar-refractivity contribution in [2.75, 3.05) is 34.0 Å². The first kappa shape index (κ1) is 32.4. The summed E-state index contributed by atoms with van der Waals surface area (Å²) < 4.78 is 39.0. The Bertz CT molecular complexity index is 780. The summed E-state index contributed by atoms with van der Waals surface area (Å²) in [4.78, 5) is 11.7. The van der Waals surface area contributed by atoms with Crippen molar-refractivity contribution >= 4 is 5.91 Å². The largest absolute Gasteiger partial charge is 0.394 e. The average molecular weight is 572 g/mol. The molecular formula is C22H41N3O14. The van der Waals surface area contributed by atoms with E-state index in [1.807, 2.05) is 0 Å². The fourth-order valence-electron chi connectivity index (χ4n) is 5.01. The molecule has 0 spiro atoms. The Hall–Kier alpha value is -1.13. The maximum Gasteiger partial charge on any atom is 0.217 e. The van der Waals surface area contributed by atoms with Gasteiger partial charge in [-0.15, -0.1) is 0 Å². The van der Waals surface area contributed by atoms with Crippen molar-refractivity contribution in [3.05, 3.63) is 0 Å². The van der Waals surface area contributed by atoms with Crippen LogP contribution in [-0.2, 0) is 38.0 Å². The summed E-state index contributed by atoms with van der Waals surface area (Å²) in [7, 11) is 2.61. The number of methoxy groups -OCH3 is 2. The van der Waals surface area contributed by atoms with Gasteiger partial charge in [0.2, 0.25) is 5.91 Å². The topological polar surface area (TPSA) is 267 Å². The molecule has 3 heterocycles. The Labute approximate surface area is 224 Å². The van der Waals surface area contributed by atoms with Crippen molar-refractivity contribution in [1.29, 1.82) is 0 Å². The summed E-state index contributed by atoms with van der Waals surface area (Å²) in [6.07, 6.45) is -15.1. The highest BCUT2D eigenvalue weighted by Crippen LogP contribution is 2.32. The summed E-state index contributed by atoms with van der Waals surface area (Å²) in [6.45, 7) is -0.584. The number of amides is 1. The van der Waals surface area contributed by atoms with Gasteiger partial charge in [0.05, 0.1) is 31.9 Å². The van der Waals surface area contributed by atoms with E-state index in [0.717, 1.165) is 0 Å². The molecule has 17 heteroatoms. The van der Waals surface area contributed by atoms with E-state index in [4.69, 9.17) is 44.6 Å². The quantitative estimate of drug-likeness (QED) is 0.118. The van der Waals surface area contributed by atoms with Crippen molar-refractivity contribution in [2.24, 2.45) is 11.5 Å². The maximum atomic E-state index is 11.7. The molecule has 17 nitrogen and oxygen atoms in total. The van der Waals surface area contributed by atoms with Gasteiger partial charge >= 0.3 is 0 Å². The third kappa shape index (κ3) is 6.85. The lowest BCUT2D eigenvalue weighted by Gasteiger charge is -2.49. The molecule has 0 saturated carbocycles. The fraction of sp³-hybridized carbons (Fsp3) is 0.955. The Kier molecular flexibility index (Phi) is 11.8. The van der Waals surface area contributed by atoms with E-state index in [1.165, 1.54) is 21.1 Å². The van der Waals surface area contributed by atoms with Crippen LogP contribution in [0, 0.1) is 0 Å². The number of aliphatic hydroxyl groups excluding tert-OH is 6. The number of aliphatic hydroxyl groups is 6. The van der Waals surface area contributed by atoms with Crippen LogP contribution in [0.1, 0.15) is 6.92 Å². The lowest BCUT2D eigenvalue weighted by Crippen LogP contribution is -2.70. The van der Waals surface area contributed by atoms with E-state index >= 15 is 0 Å². The van der Waals surface area contributed by atoms with Crippen molar-refractivity contribution in [3.63, 3.8) is 0 Å². The molecule has 3 rings (SSSR count). The van der Waals surface area contributed by atoms with Crippen LogP contribution in [0.15, 0.2) is 0 Å². The molecule has 0 aromatic carbocycles. The van der Waals surface area contributed by atoms with E-state index < -0.39 is 118 Å². The maximum absolute atomic E-state index is 11.7. The highest BCUT2D eigenvalue weighted by Gasteiger charge is 2.53. The second kappa shape index (κ2) is 14.2. The molecule has 3 aliphatic rings. The van der Waals surface area contributed by atoms with Crippen molar-refractivity contribution in [1.82, 2.24) is 5.32 Å². The standard InChI is InChI=1S/C22H41N3O14/c1-7(29)25-13-16(32)19(10(6-28)37-22(13)34-3)39-21-12(24)15(31)18(9(5-27)36-21)38-20-11(23)14(30)17(33-2)8(4-26)35-20/h8-22,26-28,30-32H,4-6,23-24H2,1-3H3,(H,25,29)/t8-,9?,10-,11?,12?,13?,14?,15+,16?,17+,18+,19+,20-,21-,22+/m0/s1. The highest BCUT2D eigenvalue weighted by molar-refractivity contribution is 5.73. The summed E-state index contributed by atoms with van der Waals surface area (Å²) in [5.41, 5.74) is 12.2. The lowest BCUT2D eigenvalue weighted by atomic mass is 9.94. The molecule has 15 atom stereocenters. The smallest absolute Gasteiger partial charge is 0.217 e. The minimum absolute atomic E-state index is 0.485. The zero-order chi connectivity index (χ0) is 29.0. The zero-order valence-corrected chi connectivity index (χ0v) is 21.9. The number of hydrogen-bond acceptors (Lipinski definition) is 16. The number of hydrogen-bond donors (Lipinski definition) is 9. The molecule has 0 bridgehead atoms. The molecule has 228 valence electrons. The molecule has 1 amide bonds. The highest BCUT2D eigenvalue weighted by atomic mass is 16.7. The number of ether oxygens (including phenoxy) is 7. The zero-order valence-electron chi connectivity index (χ0n) is 21.9. The Morgan fingerprint density at radius 1 is 0.718 bits per heavy atom. The molecule has 6 unspecified atom stereocenters. The van der Waals surface area contributed by atoms with Gasteiger partial charge in [0.25, 0.3) is 0 Å². The SMILES string of the molecule is CO[C@@H]1O[C@@H](CO)[C@@H](O[C@@H]2OC(CO)[C@@H](O[C@@H]3O[C@@H](CO)[C@@H](OC)C(O)C3N)[C@H](O)C2N)C(O)C1NC(C)=O. The first-order valence-corrected chi connectivity index (χ1v) is 12.5. The third-order valence-corrected chi connectivity index (χ3v) is 7.11. The minimum atomic E-state index is -1.55. The number of carbonyl (C=O) groups is 1. The predicted octanol–water partition coefficient (Wildman–Crippen LogP) is -6.19. The molecule has 3 fully saturated rings. The van der Waals surface area contributed by atoms with E-state index in [9.17, 15) is 35.4 Å². The normalized spacial score (nSPS) is 47.1. The van der Waals surface area contributed by atoms with Gasteiger partial charge in [-0.1, -0.05) is 0 Å². The van der Waals surface area contributed by atoms with Crippen LogP contribution in [0.25, 0.3) is 0 Å². The van der Waals surface area contributed by atoms with Gasteiger partial charge in [-0.2, -0.15) is 0 Å². The Balaban J connectivity index is 1.75. The average Bonchev–Trinajstić information content (AvgIpc) is 2.92. The molecule has 0 aliphatic carbocycles. The van der Waals surface area contributed by atoms with Crippen LogP contribution in [0.3, 0.4) is 0 Å². The second-order valence-electron chi connectivity index (χ2n) is 9.67. The van der Waals surface area contributed by atoms with Crippen molar-refractivity contribution in [2.45, 2.75) is 98.9 Å². The minimum Gasteiger partial charge on any atom is -0.394 e. The van der Waals surface area contributed by atoms with Crippen LogP contribution in [0.5, 0.6) is 0 Å². The summed E-state index contributed by atoms with van der Waals surface area (Å²) >= 11 is 0. The first-order chi connectivity index (χ1) is 18.5. The summed E-state index contributed by atoms with van der Waals surface area (Å²) in [5, 5.41) is 64.4. The predicted molar refractivity (Wildman–Crippen MR) is 126 cm³/mol. The monoisotopic (exact) mass is 571 g/mol. The van der Waals surface area contributed by atoms with Gasteiger partial charge in [-0.25, -0.2) is 0 Å². The molecule has 3 saturated heterocycles. The number of rotatable bonds is 10. The van der Waals surface area contributed by atoms with Gasteiger partial charge in [0, 0.05) is 21.1 Å². The van der Waals surface area contributed by atoms with Gasteiger partial charge < -0.3 is 80.6 Å². The van der Waals surface area contributed by atoms with Crippen LogP contribution in [-0.4, -0.2) is 163 Å². The van der Waals surface area contributed by atoms with Gasteiger partial charge in [0.1, 0.15) is 61.0 Å². The Morgan fingerprint density at radius 2 is 1.13 bits per heavy atom. The summed E-state index contributed by atoms with van der Waals surface area (Å²) in [5.74, 6) is -0.485. The van der Waals surface area contributed by atoms with Gasteiger partial charge in [-0.3, -0.25) is 4.79 Å². The molecule has 39 heavy (non-hydrogen) atoms. The van der Waals surface area contributed by atoms with E-state index in [1.54, 1.807) is 0 Å². The van der Waals surface area contributed by atoms with Crippen LogP contribution < -0.4 is 16.8 Å². The van der Waals surface area contributed by atoms with E-state index in [2.05, 4.69) is 5.32 Å². The molecule has 11 N–H and O–H groups in total. The van der Waals surface area contributed by atoms with Crippen molar-refractivity contribution in [3.8, 4) is 0 Å². The van der Waals surface area contributed by atoms with E-state index in [0.29, 0.717) is 0 Å². The fourth-order valence-corrected chi connectivity index (χ4v) is 5.01. The van der Waals surface area contributed by atoms with E-state index in [-0.39, 0.29) is 0 Å². The third-order valence-electron chi connectivity index (χ3n) is 7.11. The lowest BCUT2D eigenvalue weighted by molar-refractivity contribution is -0.350. The van der Waals surface area contributed by atoms with Crippen LogP contribution in [0.2, 0.25) is 0 Å². The molecular weight excluding hydrogens is 530 g/mol. The Morgan fingerprint density at radius 3 is 1.54 bits per heavy atom. The number of nitrogens with two attached hydrogens (primary N) is 2.